The summed E-state index contributed by atoms with van der Waals surface area (Å²) in [6.45, 7) is 6.37. The van der Waals surface area contributed by atoms with Gasteiger partial charge in [-0.05, 0) is 33.7 Å². The fraction of sp³-hybridized carbons (Fsp3) is 0.875. The van der Waals surface area contributed by atoms with Crippen LogP contribution >= 0.6 is 0 Å². The number of likely N-dealkylation sites (N-methyl/N-ethyl adjacent to an activating group) is 1. The van der Waals surface area contributed by atoms with E-state index in [1.165, 1.54) is 6.42 Å². The molecule has 3 fully saturated rings. The predicted octanol–water partition coefficient (Wildman–Crippen LogP) is 0.223. The number of nitrogens with zero attached hydrogens (tertiary/aromatic N) is 2. The summed E-state index contributed by atoms with van der Waals surface area (Å²) in [6, 6.07) is -0.0968. The van der Waals surface area contributed by atoms with Crippen LogP contribution in [0.1, 0.15) is 33.1 Å². The summed E-state index contributed by atoms with van der Waals surface area (Å²) in [7, 11) is 1.96. The lowest BCUT2D eigenvalue weighted by Crippen LogP contribution is -2.73. The Bertz CT molecular complexity index is 456. The lowest BCUT2D eigenvalue weighted by atomic mass is 9.81. The summed E-state index contributed by atoms with van der Waals surface area (Å²) in [5, 5.41) is 2.94. The van der Waals surface area contributed by atoms with Gasteiger partial charge >= 0.3 is 0 Å². The first kappa shape index (κ1) is 15.7. The quantitative estimate of drug-likeness (QED) is 0.810. The minimum absolute atomic E-state index is 0.0223. The lowest BCUT2D eigenvalue weighted by Gasteiger charge is -2.55. The summed E-state index contributed by atoms with van der Waals surface area (Å²) in [5.74, 6) is 0.570. The summed E-state index contributed by atoms with van der Waals surface area (Å²) in [6.07, 6.45) is 3.27. The van der Waals surface area contributed by atoms with Crippen LogP contribution in [0.2, 0.25) is 0 Å². The third-order valence-electron chi connectivity index (χ3n) is 5.07. The minimum atomic E-state index is -0.261. The van der Waals surface area contributed by atoms with Crippen LogP contribution in [-0.4, -0.2) is 72.6 Å². The van der Waals surface area contributed by atoms with Gasteiger partial charge in [0, 0.05) is 18.5 Å². The largest absolute Gasteiger partial charge is 0.368 e. The Labute approximate surface area is 132 Å². The molecule has 6 nitrogen and oxygen atoms in total. The van der Waals surface area contributed by atoms with Crippen molar-refractivity contribution in [1.82, 2.24) is 15.1 Å². The van der Waals surface area contributed by atoms with Crippen molar-refractivity contribution < 1.29 is 14.3 Å². The Morgan fingerprint density at radius 3 is 2.41 bits per heavy atom. The first-order chi connectivity index (χ1) is 10.4. The number of ether oxygens (including phenoxy) is 1. The normalized spacial score (nSPS) is 28.4. The Kier molecular flexibility index (Phi) is 4.16. The molecule has 124 valence electrons. The molecule has 0 unspecified atom stereocenters. The fourth-order valence-electron chi connectivity index (χ4n) is 3.56. The van der Waals surface area contributed by atoms with E-state index in [0.717, 1.165) is 12.8 Å². The molecular weight excluding hydrogens is 282 g/mol. The molecule has 2 amide bonds. The van der Waals surface area contributed by atoms with Crippen LogP contribution in [0, 0.1) is 5.92 Å². The highest BCUT2D eigenvalue weighted by Crippen LogP contribution is 2.35. The average Bonchev–Trinajstić information content (AvgIpc) is 2.32. The van der Waals surface area contributed by atoms with E-state index >= 15 is 0 Å². The third-order valence-corrected chi connectivity index (χ3v) is 5.07. The van der Waals surface area contributed by atoms with Crippen LogP contribution < -0.4 is 5.32 Å². The number of amides is 2. The highest BCUT2D eigenvalue weighted by Gasteiger charge is 2.52. The van der Waals surface area contributed by atoms with Gasteiger partial charge in [0.15, 0.2) is 0 Å². The molecule has 22 heavy (non-hydrogen) atoms. The first-order valence-corrected chi connectivity index (χ1v) is 8.33. The van der Waals surface area contributed by atoms with Gasteiger partial charge in [-0.3, -0.25) is 14.5 Å². The van der Waals surface area contributed by atoms with Gasteiger partial charge in [0.1, 0.15) is 11.6 Å². The van der Waals surface area contributed by atoms with Gasteiger partial charge in [0.05, 0.1) is 19.7 Å². The van der Waals surface area contributed by atoms with Crippen LogP contribution in [0.15, 0.2) is 0 Å². The van der Waals surface area contributed by atoms with Gasteiger partial charge < -0.3 is 15.0 Å². The average molecular weight is 309 g/mol. The summed E-state index contributed by atoms with van der Waals surface area (Å²) in [5.41, 5.74) is -0.261. The number of hydrogen-bond donors (Lipinski definition) is 1. The molecule has 1 N–H and O–H groups in total. The number of hydrogen-bond acceptors (Lipinski definition) is 4. The molecular formula is C16H27N3O3. The third kappa shape index (κ3) is 2.86. The highest BCUT2D eigenvalue weighted by atomic mass is 16.5. The van der Waals surface area contributed by atoms with Crippen LogP contribution in [0.25, 0.3) is 0 Å². The minimum Gasteiger partial charge on any atom is -0.368 e. The van der Waals surface area contributed by atoms with Crippen molar-refractivity contribution in [2.75, 3.05) is 33.3 Å². The van der Waals surface area contributed by atoms with Crippen molar-refractivity contribution in [3.63, 3.8) is 0 Å². The number of likely N-dealkylation sites (tertiary alicyclic amines) is 1. The van der Waals surface area contributed by atoms with Gasteiger partial charge in [0.25, 0.3) is 0 Å². The van der Waals surface area contributed by atoms with Crippen molar-refractivity contribution >= 4 is 11.8 Å². The Balaban J connectivity index is 1.51. The number of nitrogens with one attached hydrogen (secondary N) is 1. The van der Waals surface area contributed by atoms with Gasteiger partial charge in [0.2, 0.25) is 11.8 Å². The van der Waals surface area contributed by atoms with Crippen molar-refractivity contribution in [3.8, 4) is 0 Å². The molecule has 1 spiro atoms. The molecule has 3 aliphatic rings. The molecule has 3 rings (SSSR count). The zero-order valence-corrected chi connectivity index (χ0v) is 13.8. The number of morpholine rings is 1. The van der Waals surface area contributed by atoms with E-state index < -0.39 is 0 Å². The molecule has 2 aliphatic heterocycles. The van der Waals surface area contributed by atoms with Crippen LogP contribution in [-0.2, 0) is 14.3 Å². The highest BCUT2D eigenvalue weighted by molar-refractivity contribution is 5.82. The van der Waals surface area contributed by atoms with Crippen molar-refractivity contribution in [3.05, 3.63) is 0 Å². The number of carbonyl (C=O) groups excluding carboxylic acids is 2. The maximum atomic E-state index is 12.2. The van der Waals surface area contributed by atoms with Gasteiger partial charge in [-0.25, -0.2) is 0 Å². The van der Waals surface area contributed by atoms with E-state index in [9.17, 15) is 9.59 Å². The van der Waals surface area contributed by atoms with E-state index in [4.69, 9.17) is 4.74 Å². The second-order valence-corrected chi connectivity index (χ2v) is 7.41. The number of rotatable bonds is 3. The van der Waals surface area contributed by atoms with E-state index in [1.54, 1.807) is 0 Å². The number of carbonyl (C=O) groups is 2. The standard InChI is InChI=1S/C16H27N3O3/c1-11(2)17-14(20)13-7-22-16(8-18(13)3)9-19(10-16)15(21)12-5-4-6-12/h11-13H,4-10H2,1-3H3,(H,17,20)/t13-/m1/s1. The SMILES string of the molecule is CC(C)NC(=O)[C@H]1COC2(CN(C(=O)C3CCC3)C2)CN1C. The van der Waals surface area contributed by atoms with Crippen LogP contribution in [0.3, 0.4) is 0 Å². The molecule has 2 heterocycles. The molecule has 0 aromatic rings. The van der Waals surface area contributed by atoms with E-state index in [-0.39, 0.29) is 29.5 Å². The second-order valence-electron chi connectivity index (χ2n) is 7.41. The smallest absolute Gasteiger partial charge is 0.239 e. The Morgan fingerprint density at radius 1 is 1.23 bits per heavy atom. The molecule has 1 saturated carbocycles. The van der Waals surface area contributed by atoms with Crippen molar-refractivity contribution in [1.29, 1.82) is 0 Å². The molecule has 0 radical (unpaired) electrons. The summed E-state index contributed by atoms with van der Waals surface area (Å²) >= 11 is 0. The predicted molar refractivity (Wildman–Crippen MR) is 82.3 cm³/mol. The van der Waals surface area contributed by atoms with E-state index in [2.05, 4.69) is 10.2 Å². The molecule has 1 atom stereocenters. The summed E-state index contributed by atoms with van der Waals surface area (Å²) in [4.78, 5) is 28.3. The zero-order chi connectivity index (χ0) is 15.9. The Hall–Kier alpha value is -1.14. The molecule has 0 aromatic carbocycles. The molecule has 1 aliphatic carbocycles. The summed E-state index contributed by atoms with van der Waals surface area (Å²) < 4.78 is 6.00. The van der Waals surface area contributed by atoms with Gasteiger partial charge in [-0.1, -0.05) is 6.42 Å². The molecule has 0 bridgehead atoms. The van der Waals surface area contributed by atoms with Gasteiger partial charge in [-0.15, -0.1) is 0 Å². The van der Waals surface area contributed by atoms with Gasteiger partial charge in [-0.2, -0.15) is 0 Å². The molecule has 0 aromatic heterocycles. The fourth-order valence-corrected chi connectivity index (χ4v) is 3.56. The maximum absolute atomic E-state index is 12.2. The lowest BCUT2D eigenvalue weighted by molar-refractivity contribution is -0.204. The van der Waals surface area contributed by atoms with Crippen LogP contribution in [0.5, 0.6) is 0 Å². The monoisotopic (exact) mass is 309 g/mol. The van der Waals surface area contributed by atoms with E-state index in [1.807, 2.05) is 25.8 Å². The van der Waals surface area contributed by atoms with Crippen molar-refractivity contribution in [2.24, 2.45) is 5.92 Å². The maximum Gasteiger partial charge on any atom is 0.239 e. The second kappa shape index (κ2) is 5.81. The molecule has 6 heteroatoms. The molecule has 2 saturated heterocycles. The first-order valence-electron chi connectivity index (χ1n) is 8.33. The van der Waals surface area contributed by atoms with E-state index in [0.29, 0.717) is 32.1 Å². The van der Waals surface area contributed by atoms with Crippen molar-refractivity contribution in [2.45, 2.75) is 50.8 Å². The Morgan fingerprint density at radius 2 is 1.91 bits per heavy atom. The topological polar surface area (TPSA) is 61.9 Å². The van der Waals surface area contributed by atoms with Crippen LogP contribution in [0.4, 0.5) is 0 Å². The zero-order valence-electron chi connectivity index (χ0n) is 13.8.